The summed E-state index contributed by atoms with van der Waals surface area (Å²) in [7, 11) is 0. The molecule has 3 aromatic carbocycles. The molecule has 1 saturated heterocycles. The lowest BCUT2D eigenvalue weighted by Crippen LogP contribution is -2.45. The fourth-order valence-corrected chi connectivity index (χ4v) is 5.00. The third-order valence-electron chi connectivity index (χ3n) is 7.18. The summed E-state index contributed by atoms with van der Waals surface area (Å²) in [6, 6.07) is 24.5. The Bertz CT molecular complexity index is 1380. The van der Waals surface area contributed by atoms with E-state index in [1.807, 2.05) is 60.7 Å². The molecular formula is C35H40N2O6. The number of Topliss-reactive ketones (excluding diaryl/α,β-unsaturated/α-hetero) is 1. The summed E-state index contributed by atoms with van der Waals surface area (Å²) in [6.45, 7) is 6.26. The first-order valence-corrected chi connectivity index (χ1v) is 14.8. The van der Waals surface area contributed by atoms with Gasteiger partial charge in [-0.3, -0.25) is 14.4 Å². The van der Waals surface area contributed by atoms with Crippen LogP contribution in [0.3, 0.4) is 0 Å². The molecule has 8 nitrogen and oxygen atoms in total. The molecule has 0 aromatic heterocycles. The van der Waals surface area contributed by atoms with E-state index < -0.39 is 23.7 Å². The number of benzene rings is 3. The number of hydrogen-bond donors (Lipinski definition) is 1. The lowest BCUT2D eigenvalue weighted by Gasteiger charge is -2.27. The standard InChI is InChI=1S/C35H40N2O6/c1-35(2,3)43-34(41)30-15-10-22-37(30)32(39)21-20-31(38)29(36-33(40)27-13-8-5-9-14-27)23-25-16-18-28(19-17-25)42-24-26-11-6-4-7-12-26/h4-9,11-14,16-19,29-30H,10,15,20-24H2,1-3H3,(H,36,40)/t29?,30-/m0/s1. The number of carbonyl (C=O) groups excluding carboxylic acids is 4. The van der Waals surface area contributed by atoms with Gasteiger partial charge in [-0.2, -0.15) is 0 Å². The summed E-state index contributed by atoms with van der Waals surface area (Å²) >= 11 is 0. The Morgan fingerprint density at radius 1 is 0.860 bits per heavy atom. The molecule has 4 rings (SSSR count). The summed E-state index contributed by atoms with van der Waals surface area (Å²) in [4.78, 5) is 53.8. The Hall–Kier alpha value is -4.46. The Kier molecular flexibility index (Phi) is 10.7. The fraction of sp³-hybridized carbons (Fsp3) is 0.371. The van der Waals surface area contributed by atoms with E-state index in [9.17, 15) is 19.2 Å². The molecule has 0 spiro atoms. The van der Waals surface area contributed by atoms with Crippen molar-refractivity contribution in [2.75, 3.05) is 6.54 Å². The monoisotopic (exact) mass is 584 g/mol. The van der Waals surface area contributed by atoms with Crippen LogP contribution in [-0.2, 0) is 32.1 Å². The molecule has 0 aliphatic carbocycles. The minimum absolute atomic E-state index is 0.0535. The molecule has 0 bridgehead atoms. The number of carbonyl (C=O) groups is 4. The normalized spacial score (nSPS) is 15.4. The molecule has 1 fully saturated rings. The van der Waals surface area contributed by atoms with E-state index in [1.54, 1.807) is 45.0 Å². The van der Waals surface area contributed by atoms with Gasteiger partial charge in [0, 0.05) is 24.9 Å². The van der Waals surface area contributed by atoms with E-state index in [0.29, 0.717) is 37.3 Å². The molecule has 43 heavy (non-hydrogen) atoms. The van der Waals surface area contributed by atoms with Crippen LogP contribution in [0.15, 0.2) is 84.9 Å². The van der Waals surface area contributed by atoms with E-state index >= 15 is 0 Å². The van der Waals surface area contributed by atoms with Crippen molar-refractivity contribution >= 4 is 23.6 Å². The first-order chi connectivity index (χ1) is 20.6. The maximum absolute atomic E-state index is 13.5. The summed E-state index contributed by atoms with van der Waals surface area (Å²) in [5.74, 6) is -0.615. The quantitative estimate of drug-likeness (QED) is 0.291. The number of nitrogens with zero attached hydrogens (tertiary/aromatic N) is 1. The molecule has 1 aliphatic rings. The zero-order valence-electron chi connectivity index (χ0n) is 25.1. The average Bonchev–Trinajstić information content (AvgIpc) is 3.50. The first kappa shape index (κ1) is 31.5. The van der Waals surface area contributed by atoms with Crippen LogP contribution in [0.25, 0.3) is 0 Å². The predicted octanol–water partition coefficient (Wildman–Crippen LogP) is 5.29. The van der Waals surface area contributed by atoms with E-state index in [0.717, 1.165) is 11.1 Å². The van der Waals surface area contributed by atoms with Gasteiger partial charge in [0.15, 0.2) is 5.78 Å². The molecule has 2 amide bonds. The van der Waals surface area contributed by atoms with Crippen molar-refractivity contribution in [2.45, 2.75) is 77.2 Å². The van der Waals surface area contributed by atoms with Gasteiger partial charge in [0.2, 0.25) is 5.91 Å². The SMILES string of the molecule is CC(C)(C)OC(=O)[C@@H]1CCCN1C(=O)CCC(=O)C(Cc1ccc(OCc2ccccc2)cc1)NC(=O)c1ccccc1. The van der Waals surface area contributed by atoms with Crippen LogP contribution in [-0.4, -0.2) is 52.7 Å². The molecule has 1 N–H and O–H groups in total. The van der Waals surface area contributed by atoms with E-state index in [4.69, 9.17) is 9.47 Å². The molecule has 0 saturated carbocycles. The van der Waals surface area contributed by atoms with Gasteiger partial charge in [-0.05, 0) is 75.4 Å². The van der Waals surface area contributed by atoms with Gasteiger partial charge in [0.1, 0.15) is 24.0 Å². The summed E-state index contributed by atoms with van der Waals surface area (Å²) in [6.07, 6.45) is 1.38. The number of nitrogens with one attached hydrogen (secondary N) is 1. The van der Waals surface area contributed by atoms with Gasteiger partial charge in [0.05, 0.1) is 6.04 Å². The van der Waals surface area contributed by atoms with Crippen LogP contribution >= 0.6 is 0 Å². The zero-order chi connectivity index (χ0) is 30.8. The largest absolute Gasteiger partial charge is 0.489 e. The molecule has 1 heterocycles. The number of esters is 1. The molecule has 1 aliphatic heterocycles. The number of hydrogen-bond acceptors (Lipinski definition) is 6. The highest BCUT2D eigenvalue weighted by atomic mass is 16.6. The third-order valence-corrected chi connectivity index (χ3v) is 7.18. The average molecular weight is 585 g/mol. The van der Waals surface area contributed by atoms with Crippen LogP contribution < -0.4 is 10.1 Å². The van der Waals surface area contributed by atoms with Crippen LogP contribution in [0.2, 0.25) is 0 Å². The van der Waals surface area contributed by atoms with Crippen molar-refractivity contribution in [2.24, 2.45) is 0 Å². The lowest BCUT2D eigenvalue weighted by molar-refractivity contribution is -0.163. The van der Waals surface area contributed by atoms with Crippen LogP contribution in [0.1, 0.15) is 67.9 Å². The van der Waals surface area contributed by atoms with E-state index in [2.05, 4.69) is 5.32 Å². The number of ketones is 1. The minimum Gasteiger partial charge on any atom is -0.489 e. The first-order valence-electron chi connectivity index (χ1n) is 14.8. The summed E-state index contributed by atoms with van der Waals surface area (Å²) < 4.78 is 11.4. The second-order valence-corrected chi connectivity index (χ2v) is 11.8. The molecule has 0 radical (unpaired) electrons. The fourth-order valence-electron chi connectivity index (χ4n) is 5.00. The number of amides is 2. The molecular weight excluding hydrogens is 544 g/mol. The van der Waals surface area contributed by atoms with Gasteiger partial charge >= 0.3 is 5.97 Å². The molecule has 8 heteroatoms. The Morgan fingerprint density at radius 2 is 1.51 bits per heavy atom. The van der Waals surface area contributed by atoms with Crippen molar-refractivity contribution in [1.29, 1.82) is 0 Å². The summed E-state index contributed by atoms with van der Waals surface area (Å²) in [5, 5.41) is 2.87. The van der Waals surface area contributed by atoms with Crippen molar-refractivity contribution in [3.05, 3.63) is 102 Å². The number of ether oxygens (including phenoxy) is 2. The van der Waals surface area contributed by atoms with Crippen LogP contribution in [0, 0.1) is 0 Å². The molecule has 1 unspecified atom stereocenters. The Balaban J connectivity index is 1.40. The van der Waals surface area contributed by atoms with Crippen LogP contribution in [0.4, 0.5) is 0 Å². The van der Waals surface area contributed by atoms with Gasteiger partial charge in [-0.25, -0.2) is 4.79 Å². The zero-order valence-corrected chi connectivity index (χ0v) is 25.1. The van der Waals surface area contributed by atoms with Gasteiger partial charge in [0.25, 0.3) is 5.91 Å². The highest BCUT2D eigenvalue weighted by molar-refractivity contribution is 5.98. The van der Waals surface area contributed by atoms with Crippen molar-refractivity contribution < 1.29 is 28.7 Å². The molecule has 3 aromatic rings. The van der Waals surface area contributed by atoms with Gasteiger partial charge < -0.3 is 19.7 Å². The van der Waals surface area contributed by atoms with E-state index in [1.165, 1.54) is 4.90 Å². The Labute approximate surface area is 253 Å². The second-order valence-electron chi connectivity index (χ2n) is 11.8. The van der Waals surface area contributed by atoms with Crippen molar-refractivity contribution in [3.8, 4) is 5.75 Å². The lowest BCUT2D eigenvalue weighted by atomic mass is 9.98. The molecule has 226 valence electrons. The van der Waals surface area contributed by atoms with Crippen molar-refractivity contribution in [1.82, 2.24) is 10.2 Å². The number of rotatable bonds is 12. The summed E-state index contributed by atoms with van der Waals surface area (Å²) in [5.41, 5.74) is 1.69. The van der Waals surface area contributed by atoms with Gasteiger partial charge in [-0.15, -0.1) is 0 Å². The maximum atomic E-state index is 13.5. The Morgan fingerprint density at radius 3 is 2.16 bits per heavy atom. The van der Waals surface area contributed by atoms with Crippen molar-refractivity contribution in [3.63, 3.8) is 0 Å². The van der Waals surface area contributed by atoms with Gasteiger partial charge in [-0.1, -0.05) is 60.7 Å². The topological polar surface area (TPSA) is 102 Å². The number of likely N-dealkylation sites (tertiary alicyclic amines) is 1. The highest BCUT2D eigenvalue weighted by Gasteiger charge is 2.37. The van der Waals surface area contributed by atoms with Crippen LogP contribution in [0.5, 0.6) is 5.75 Å². The van der Waals surface area contributed by atoms with E-state index in [-0.39, 0.29) is 36.9 Å². The second kappa shape index (κ2) is 14.6. The molecule has 2 atom stereocenters. The minimum atomic E-state index is -0.836. The highest BCUT2D eigenvalue weighted by Crippen LogP contribution is 2.23. The maximum Gasteiger partial charge on any atom is 0.329 e. The smallest absolute Gasteiger partial charge is 0.329 e. The predicted molar refractivity (Wildman–Crippen MR) is 163 cm³/mol. The third kappa shape index (κ3) is 9.53.